The van der Waals surface area contributed by atoms with Crippen molar-refractivity contribution in [2.24, 2.45) is 0 Å². The van der Waals surface area contributed by atoms with Crippen molar-refractivity contribution in [1.29, 1.82) is 0 Å². The fourth-order valence-corrected chi connectivity index (χ4v) is 2.75. The summed E-state index contributed by atoms with van der Waals surface area (Å²) in [7, 11) is 0. The molecule has 0 atom stereocenters. The van der Waals surface area contributed by atoms with Gasteiger partial charge in [0.1, 0.15) is 5.75 Å². The van der Waals surface area contributed by atoms with E-state index in [1.54, 1.807) is 0 Å². The van der Waals surface area contributed by atoms with Crippen molar-refractivity contribution in [3.8, 4) is 5.75 Å². The molecular formula is C18H18O2. The van der Waals surface area contributed by atoms with Crippen LogP contribution in [0.5, 0.6) is 5.75 Å². The Balaban J connectivity index is 2.23. The predicted molar refractivity (Wildman–Crippen MR) is 79.5 cm³/mol. The van der Waals surface area contributed by atoms with Crippen LogP contribution >= 0.6 is 0 Å². The van der Waals surface area contributed by atoms with E-state index in [1.807, 2.05) is 24.3 Å². The first-order valence-electron chi connectivity index (χ1n) is 7.00. The van der Waals surface area contributed by atoms with Gasteiger partial charge in [-0.3, -0.25) is 0 Å². The van der Waals surface area contributed by atoms with E-state index >= 15 is 0 Å². The number of ether oxygens (including phenoxy) is 1. The Morgan fingerprint density at radius 1 is 1.10 bits per heavy atom. The van der Waals surface area contributed by atoms with Crippen molar-refractivity contribution in [3.63, 3.8) is 0 Å². The summed E-state index contributed by atoms with van der Waals surface area (Å²) in [5.41, 5.74) is 5.13. The summed E-state index contributed by atoms with van der Waals surface area (Å²) < 4.78 is 5.72. The van der Waals surface area contributed by atoms with Crippen LogP contribution in [-0.4, -0.2) is 5.97 Å². The molecule has 20 heavy (non-hydrogen) atoms. The maximum Gasteiger partial charge on any atom is 0.343 e. The Kier molecular flexibility index (Phi) is 3.09. The molecular weight excluding hydrogens is 248 g/mol. The summed E-state index contributed by atoms with van der Waals surface area (Å²) in [6.45, 7) is 6.32. The molecule has 0 saturated carbocycles. The third kappa shape index (κ3) is 2.01. The van der Waals surface area contributed by atoms with Crippen molar-refractivity contribution < 1.29 is 9.53 Å². The molecule has 2 aromatic rings. The third-order valence-electron chi connectivity index (χ3n) is 3.95. The molecule has 2 aromatic carbocycles. The lowest BCUT2D eigenvalue weighted by Gasteiger charge is -2.16. The number of aryl methyl sites for hydroxylation is 1. The van der Waals surface area contributed by atoms with E-state index in [2.05, 4.69) is 32.9 Å². The SMILES string of the molecule is Cc1ccc(C(C)C)c2c1Cc1ccccc1C(=O)O2. The molecule has 0 N–H and O–H groups in total. The number of carbonyl (C=O) groups is 1. The lowest BCUT2D eigenvalue weighted by atomic mass is 9.92. The van der Waals surface area contributed by atoms with E-state index in [9.17, 15) is 4.79 Å². The van der Waals surface area contributed by atoms with Gasteiger partial charge in [0.05, 0.1) is 5.56 Å². The highest BCUT2D eigenvalue weighted by molar-refractivity contribution is 5.94. The van der Waals surface area contributed by atoms with Gasteiger partial charge in [0.15, 0.2) is 0 Å². The van der Waals surface area contributed by atoms with E-state index in [4.69, 9.17) is 4.74 Å². The van der Waals surface area contributed by atoms with Gasteiger partial charge in [0.2, 0.25) is 0 Å². The van der Waals surface area contributed by atoms with Crippen molar-refractivity contribution >= 4 is 5.97 Å². The average molecular weight is 266 g/mol. The second-order valence-electron chi connectivity index (χ2n) is 5.66. The topological polar surface area (TPSA) is 26.3 Å². The third-order valence-corrected chi connectivity index (χ3v) is 3.95. The normalized spacial score (nSPS) is 13.5. The van der Waals surface area contributed by atoms with Crippen molar-refractivity contribution in [2.75, 3.05) is 0 Å². The fraction of sp³-hybridized carbons (Fsp3) is 0.278. The highest BCUT2D eigenvalue weighted by Crippen LogP contribution is 2.37. The first-order chi connectivity index (χ1) is 9.58. The minimum atomic E-state index is -0.244. The van der Waals surface area contributed by atoms with Crippen molar-refractivity contribution in [3.05, 3.63) is 64.2 Å². The zero-order chi connectivity index (χ0) is 14.3. The number of hydrogen-bond donors (Lipinski definition) is 0. The zero-order valence-electron chi connectivity index (χ0n) is 12.1. The van der Waals surface area contributed by atoms with Gasteiger partial charge in [-0.1, -0.05) is 44.2 Å². The Morgan fingerprint density at radius 2 is 1.85 bits per heavy atom. The van der Waals surface area contributed by atoms with Crippen LogP contribution in [0.3, 0.4) is 0 Å². The first-order valence-corrected chi connectivity index (χ1v) is 7.00. The zero-order valence-corrected chi connectivity index (χ0v) is 12.1. The number of hydrogen-bond acceptors (Lipinski definition) is 2. The van der Waals surface area contributed by atoms with Crippen LogP contribution in [0.1, 0.15) is 52.4 Å². The van der Waals surface area contributed by atoms with Crippen LogP contribution in [0.15, 0.2) is 36.4 Å². The maximum atomic E-state index is 12.3. The number of rotatable bonds is 1. The molecule has 3 rings (SSSR count). The molecule has 2 heteroatoms. The Hall–Kier alpha value is -2.09. The lowest BCUT2D eigenvalue weighted by Crippen LogP contribution is -2.10. The van der Waals surface area contributed by atoms with Gasteiger partial charge in [-0.05, 0) is 35.6 Å². The van der Waals surface area contributed by atoms with Gasteiger partial charge in [-0.15, -0.1) is 0 Å². The van der Waals surface area contributed by atoms with Crippen LogP contribution < -0.4 is 4.74 Å². The summed E-state index contributed by atoms with van der Waals surface area (Å²) in [5.74, 6) is 0.853. The number of carbonyl (C=O) groups excluding carboxylic acids is 1. The van der Waals surface area contributed by atoms with Gasteiger partial charge in [0, 0.05) is 12.0 Å². The maximum absolute atomic E-state index is 12.3. The minimum Gasteiger partial charge on any atom is -0.422 e. The molecule has 1 heterocycles. The molecule has 0 saturated heterocycles. The molecule has 0 fully saturated rings. The molecule has 0 unspecified atom stereocenters. The Bertz CT molecular complexity index is 684. The summed E-state index contributed by atoms with van der Waals surface area (Å²) in [4.78, 5) is 12.3. The van der Waals surface area contributed by atoms with Gasteiger partial charge in [0.25, 0.3) is 0 Å². The van der Waals surface area contributed by atoms with E-state index in [0.29, 0.717) is 11.5 Å². The number of benzene rings is 2. The number of fused-ring (bicyclic) bond motifs is 2. The van der Waals surface area contributed by atoms with Gasteiger partial charge in [-0.2, -0.15) is 0 Å². The predicted octanol–water partition coefficient (Wildman–Crippen LogP) is 4.24. The quantitative estimate of drug-likeness (QED) is 0.570. The van der Waals surface area contributed by atoms with Crippen molar-refractivity contribution in [1.82, 2.24) is 0 Å². The molecule has 1 aliphatic rings. The van der Waals surface area contributed by atoms with E-state index in [-0.39, 0.29) is 5.97 Å². The van der Waals surface area contributed by atoms with Crippen molar-refractivity contribution in [2.45, 2.75) is 33.1 Å². The Morgan fingerprint density at radius 3 is 2.60 bits per heavy atom. The Labute approximate surface area is 119 Å². The molecule has 1 aliphatic heterocycles. The molecule has 0 aromatic heterocycles. The summed E-state index contributed by atoms with van der Waals surface area (Å²) in [6, 6.07) is 11.9. The van der Waals surface area contributed by atoms with Crippen LogP contribution in [0, 0.1) is 6.92 Å². The first kappa shape index (κ1) is 12.9. The van der Waals surface area contributed by atoms with E-state index < -0.39 is 0 Å². The monoisotopic (exact) mass is 266 g/mol. The highest BCUT2D eigenvalue weighted by Gasteiger charge is 2.24. The van der Waals surface area contributed by atoms with E-state index in [0.717, 1.165) is 28.9 Å². The number of esters is 1. The standard InChI is InChI=1S/C18H18O2/c1-11(2)14-9-8-12(3)16-10-13-6-4-5-7-15(13)18(19)20-17(14)16/h4-9,11H,10H2,1-3H3. The summed E-state index contributed by atoms with van der Waals surface area (Å²) in [5, 5.41) is 0. The van der Waals surface area contributed by atoms with Gasteiger partial charge < -0.3 is 4.74 Å². The molecule has 0 bridgehead atoms. The van der Waals surface area contributed by atoms with Crippen LogP contribution in [0.4, 0.5) is 0 Å². The van der Waals surface area contributed by atoms with Crippen LogP contribution in [-0.2, 0) is 6.42 Å². The molecule has 0 aliphatic carbocycles. The second kappa shape index (κ2) is 4.78. The van der Waals surface area contributed by atoms with Gasteiger partial charge >= 0.3 is 5.97 Å². The second-order valence-corrected chi connectivity index (χ2v) is 5.66. The fourth-order valence-electron chi connectivity index (χ4n) is 2.75. The minimum absolute atomic E-state index is 0.244. The van der Waals surface area contributed by atoms with Gasteiger partial charge in [-0.25, -0.2) is 4.79 Å². The summed E-state index contributed by atoms with van der Waals surface area (Å²) >= 11 is 0. The highest BCUT2D eigenvalue weighted by atomic mass is 16.5. The lowest BCUT2D eigenvalue weighted by molar-refractivity contribution is 0.0734. The molecule has 0 spiro atoms. The molecule has 102 valence electrons. The molecule has 0 radical (unpaired) electrons. The molecule has 0 amide bonds. The molecule has 2 nitrogen and oxygen atoms in total. The largest absolute Gasteiger partial charge is 0.422 e. The van der Waals surface area contributed by atoms with E-state index in [1.165, 1.54) is 5.56 Å². The van der Waals surface area contributed by atoms with Crippen LogP contribution in [0.2, 0.25) is 0 Å². The summed E-state index contributed by atoms with van der Waals surface area (Å²) in [6.07, 6.45) is 0.754. The average Bonchev–Trinajstić information content (AvgIpc) is 2.56. The smallest absolute Gasteiger partial charge is 0.343 e. The van der Waals surface area contributed by atoms with Crippen LogP contribution in [0.25, 0.3) is 0 Å².